The highest BCUT2D eigenvalue weighted by molar-refractivity contribution is 7.14. The lowest BCUT2D eigenvalue weighted by Crippen LogP contribution is -2.44. The summed E-state index contributed by atoms with van der Waals surface area (Å²) in [4.78, 5) is 46.2. The van der Waals surface area contributed by atoms with Crippen molar-refractivity contribution >= 4 is 40.1 Å². The molecule has 1 unspecified atom stereocenters. The van der Waals surface area contributed by atoms with Gasteiger partial charge in [0.2, 0.25) is 23.0 Å². The topological polar surface area (TPSA) is 111 Å². The van der Waals surface area contributed by atoms with Crippen LogP contribution in [0.1, 0.15) is 77.3 Å². The summed E-state index contributed by atoms with van der Waals surface area (Å²) < 4.78 is 68.1. The van der Waals surface area contributed by atoms with E-state index in [-0.39, 0.29) is 40.0 Å². The fourth-order valence-corrected chi connectivity index (χ4v) is 5.48. The molecule has 0 aliphatic carbocycles. The Morgan fingerprint density at radius 3 is 2.39 bits per heavy atom. The monoisotopic (exact) mass is 666 g/mol. The first-order valence-corrected chi connectivity index (χ1v) is 15.8. The first-order valence-electron chi connectivity index (χ1n) is 15.0. The average molecular weight is 667 g/mol. The molecule has 1 atom stereocenters. The summed E-state index contributed by atoms with van der Waals surface area (Å²) in [6.45, 7) is 5.71. The van der Waals surface area contributed by atoms with Crippen molar-refractivity contribution in [1.82, 2.24) is 15.3 Å². The third-order valence-corrected chi connectivity index (χ3v) is 7.83. The van der Waals surface area contributed by atoms with Crippen LogP contribution in [0, 0.1) is 11.0 Å². The van der Waals surface area contributed by atoms with Crippen LogP contribution >= 0.6 is 11.3 Å². The maximum absolute atomic E-state index is 15.1. The molecule has 1 N–H and O–H groups in total. The van der Waals surface area contributed by atoms with Gasteiger partial charge in [-0.1, -0.05) is 70.3 Å². The van der Waals surface area contributed by atoms with Gasteiger partial charge in [0.1, 0.15) is 11.7 Å². The number of carbonyl (C=O) groups is 3. The summed E-state index contributed by atoms with van der Waals surface area (Å²) in [7, 11) is 0. The number of benzene rings is 1. The summed E-state index contributed by atoms with van der Waals surface area (Å²) in [6, 6.07) is 5.46. The van der Waals surface area contributed by atoms with Crippen molar-refractivity contribution in [1.29, 1.82) is 0 Å². The van der Waals surface area contributed by atoms with Gasteiger partial charge in [0.25, 0.3) is 0 Å². The van der Waals surface area contributed by atoms with Gasteiger partial charge in [-0.2, -0.15) is 17.6 Å². The average Bonchev–Trinajstić information content (AvgIpc) is 3.38. The number of rotatable bonds is 15. The molecule has 0 aliphatic heterocycles. The minimum atomic E-state index is -4.75. The third-order valence-electron chi connectivity index (χ3n) is 7.00. The highest BCUT2D eigenvalue weighted by Crippen LogP contribution is 2.40. The predicted molar refractivity (Wildman–Crippen MR) is 166 cm³/mol. The third kappa shape index (κ3) is 10.2. The number of nitrogens with one attached hydrogen (secondary N) is 1. The number of aromatic nitrogens is 2. The minimum absolute atomic E-state index is 0.0630. The Balaban J connectivity index is 1.93. The summed E-state index contributed by atoms with van der Waals surface area (Å²) in [5.41, 5.74) is -1.04. The van der Waals surface area contributed by atoms with Crippen LogP contribution in [0.5, 0.6) is 0 Å². The number of halogens is 4. The number of nitrogens with zero attached hydrogens (tertiary/aromatic N) is 3. The van der Waals surface area contributed by atoms with Crippen molar-refractivity contribution in [2.45, 2.75) is 84.9 Å². The van der Waals surface area contributed by atoms with Gasteiger partial charge in [-0.3, -0.25) is 9.78 Å². The number of hydrogen-bond donors (Lipinski definition) is 1. The molecule has 2 heterocycles. The molecule has 250 valence electrons. The SMILES string of the molecule is CCCCCCCCc1ccc(N(C(=O)OCOC(=O)C(NC(C)=O)C(C)C)c2nc(-c3cccnc3)c(F)s2)cc1C(F)(F)F. The zero-order valence-corrected chi connectivity index (χ0v) is 27.0. The lowest BCUT2D eigenvalue weighted by molar-refractivity contribution is -0.156. The summed E-state index contributed by atoms with van der Waals surface area (Å²) in [6.07, 6.45) is 2.41. The Bertz CT molecular complexity index is 1470. The molecule has 2 amide bonds. The number of alkyl halides is 3. The van der Waals surface area contributed by atoms with Crippen molar-refractivity contribution in [2.75, 3.05) is 11.7 Å². The number of carbonyl (C=O) groups excluding carboxylic acids is 3. The number of anilines is 2. The second-order valence-electron chi connectivity index (χ2n) is 11.0. The van der Waals surface area contributed by atoms with Gasteiger partial charge in [-0.05, 0) is 48.6 Å². The maximum atomic E-state index is 15.1. The Morgan fingerprint density at radius 2 is 1.76 bits per heavy atom. The van der Waals surface area contributed by atoms with Gasteiger partial charge in [-0.25, -0.2) is 19.5 Å². The largest absolute Gasteiger partial charge is 0.426 e. The van der Waals surface area contributed by atoms with Gasteiger partial charge < -0.3 is 14.8 Å². The van der Waals surface area contributed by atoms with E-state index in [0.29, 0.717) is 22.7 Å². The number of thiazole rings is 1. The summed E-state index contributed by atoms with van der Waals surface area (Å²) >= 11 is 0.420. The highest BCUT2D eigenvalue weighted by Gasteiger charge is 2.35. The Morgan fingerprint density at radius 1 is 1.04 bits per heavy atom. The Labute approximate surface area is 269 Å². The van der Waals surface area contributed by atoms with Gasteiger partial charge in [0, 0.05) is 24.9 Å². The van der Waals surface area contributed by atoms with Crippen molar-refractivity contribution < 1.29 is 41.4 Å². The van der Waals surface area contributed by atoms with E-state index in [1.807, 2.05) is 0 Å². The standard InChI is InChI=1S/C32H38F4N4O5S/c1-5-6-7-8-9-10-12-22-14-15-24(17-25(22)32(34,35)36)40(30-39-27(28(33)46-30)23-13-11-16-37-18-23)31(43)45-19-44-29(42)26(20(2)3)38-21(4)41/h11,13-18,20,26H,5-10,12,19H2,1-4H3,(H,38,41). The second-order valence-corrected chi connectivity index (χ2v) is 11.9. The molecule has 3 aromatic rings. The van der Waals surface area contributed by atoms with Crippen molar-refractivity contribution in [3.8, 4) is 11.3 Å². The predicted octanol–water partition coefficient (Wildman–Crippen LogP) is 8.20. The number of aryl methyl sites for hydroxylation is 1. The normalized spacial score (nSPS) is 12.1. The molecular weight excluding hydrogens is 628 g/mol. The van der Waals surface area contributed by atoms with Crippen LogP contribution in [0.2, 0.25) is 0 Å². The molecule has 0 bridgehead atoms. The molecule has 2 aromatic heterocycles. The summed E-state index contributed by atoms with van der Waals surface area (Å²) in [5, 5.41) is 1.32. The fourth-order valence-electron chi connectivity index (χ4n) is 4.65. The molecule has 3 rings (SSSR count). The van der Waals surface area contributed by atoms with E-state index >= 15 is 4.39 Å². The molecule has 9 nitrogen and oxygen atoms in total. The molecule has 0 spiro atoms. The fraction of sp³-hybridized carbons (Fsp3) is 0.469. The van der Waals surface area contributed by atoms with Gasteiger partial charge >= 0.3 is 18.2 Å². The van der Waals surface area contributed by atoms with Crippen molar-refractivity contribution in [2.24, 2.45) is 5.92 Å². The van der Waals surface area contributed by atoms with Crippen LogP contribution in [0.4, 0.5) is 33.2 Å². The number of hydrogen-bond acceptors (Lipinski definition) is 8. The van der Waals surface area contributed by atoms with E-state index in [2.05, 4.69) is 22.2 Å². The smallest absolute Gasteiger partial charge is 0.423 e. The zero-order valence-electron chi connectivity index (χ0n) is 26.2. The number of ether oxygens (including phenoxy) is 2. The molecule has 0 fully saturated rings. The van der Waals surface area contributed by atoms with E-state index in [1.165, 1.54) is 37.5 Å². The van der Waals surface area contributed by atoms with Gasteiger partial charge in [-0.15, -0.1) is 0 Å². The van der Waals surface area contributed by atoms with Crippen LogP contribution in [0.15, 0.2) is 42.7 Å². The van der Waals surface area contributed by atoms with E-state index in [9.17, 15) is 27.6 Å². The van der Waals surface area contributed by atoms with E-state index in [0.717, 1.165) is 38.2 Å². The molecule has 1 aromatic carbocycles. The van der Waals surface area contributed by atoms with Crippen LogP contribution in [0.3, 0.4) is 0 Å². The van der Waals surface area contributed by atoms with E-state index < -0.39 is 47.7 Å². The first kappa shape index (κ1) is 36.4. The molecule has 0 radical (unpaired) electrons. The molecule has 46 heavy (non-hydrogen) atoms. The molecule has 0 saturated carbocycles. The lowest BCUT2D eigenvalue weighted by Gasteiger charge is -2.23. The zero-order chi connectivity index (χ0) is 33.9. The Hall–Kier alpha value is -4.07. The van der Waals surface area contributed by atoms with Crippen molar-refractivity contribution in [3.63, 3.8) is 0 Å². The number of amides is 2. The Kier molecular flexibility index (Phi) is 13.5. The van der Waals surface area contributed by atoms with E-state index in [1.54, 1.807) is 19.9 Å². The van der Waals surface area contributed by atoms with Gasteiger partial charge in [0.05, 0.1) is 11.3 Å². The molecule has 0 aliphatic rings. The molecular formula is C32H38F4N4O5S. The van der Waals surface area contributed by atoms with Crippen molar-refractivity contribution in [3.05, 3.63) is 59.0 Å². The van der Waals surface area contributed by atoms with Crippen LogP contribution < -0.4 is 10.2 Å². The lowest BCUT2D eigenvalue weighted by atomic mass is 9.99. The van der Waals surface area contributed by atoms with E-state index in [4.69, 9.17) is 9.47 Å². The molecule has 14 heteroatoms. The van der Waals surface area contributed by atoms with Crippen LogP contribution in [-0.4, -0.2) is 40.8 Å². The molecule has 0 saturated heterocycles. The van der Waals surface area contributed by atoms with Crippen LogP contribution in [0.25, 0.3) is 11.3 Å². The van der Waals surface area contributed by atoms with Crippen LogP contribution in [-0.2, 0) is 31.7 Å². The number of unbranched alkanes of at least 4 members (excludes halogenated alkanes) is 5. The second kappa shape index (κ2) is 17.0. The number of pyridine rings is 1. The maximum Gasteiger partial charge on any atom is 0.423 e. The summed E-state index contributed by atoms with van der Waals surface area (Å²) in [5.74, 6) is -1.72. The quantitative estimate of drug-likeness (QED) is 0.0754. The van der Waals surface area contributed by atoms with Gasteiger partial charge in [0.15, 0.2) is 0 Å². The first-order chi connectivity index (χ1) is 21.8. The number of esters is 1. The highest BCUT2D eigenvalue weighted by atomic mass is 32.1. The minimum Gasteiger partial charge on any atom is -0.426 e.